The van der Waals surface area contributed by atoms with E-state index in [0.717, 1.165) is 62.7 Å². The van der Waals surface area contributed by atoms with Crippen LogP contribution in [-0.2, 0) is 37.9 Å². The molecule has 7 rings (SSSR count). The number of aromatic nitrogens is 3. The first-order valence-corrected chi connectivity index (χ1v) is 15.5. The van der Waals surface area contributed by atoms with Crippen LogP contribution in [-0.4, -0.2) is 62.5 Å². The largest absolute Gasteiger partial charge is 0.493 e. The Hall–Kier alpha value is -4.28. The standard InChI is InChI=1S/C35H36F2N4O4/c1-39-29-20-44-17-5-4-16-41-32-25(12-7-13-27(32)31(29)28(38-39)19-40-21-35(36,37)22-40)26(33(41)34(42)43)14-8-18-45-30-15-6-10-23-9-2-3-11-24(23)30/h2-3,6-7,9-13,15H,4-5,8,14,16-22H2,1H3,(H,42,43). The van der Waals surface area contributed by atoms with Crippen molar-refractivity contribution < 1.29 is 28.2 Å². The monoisotopic (exact) mass is 614 g/mol. The molecule has 0 spiro atoms. The zero-order chi connectivity index (χ0) is 31.1. The Balaban J connectivity index is 1.27. The predicted octanol–water partition coefficient (Wildman–Crippen LogP) is 6.67. The van der Waals surface area contributed by atoms with E-state index in [2.05, 4.69) is 12.1 Å². The van der Waals surface area contributed by atoms with Crippen LogP contribution in [0.2, 0.25) is 0 Å². The average Bonchev–Trinajstić information content (AvgIpc) is 3.48. The Labute approximate surface area is 259 Å². The van der Waals surface area contributed by atoms with Gasteiger partial charge in [-0.25, -0.2) is 13.6 Å². The van der Waals surface area contributed by atoms with Gasteiger partial charge in [0.05, 0.1) is 43.2 Å². The average molecular weight is 615 g/mol. The number of para-hydroxylation sites is 1. The number of ether oxygens (including phenoxy) is 2. The zero-order valence-corrected chi connectivity index (χ0v) is 25.3. The van der Waals surface area contributed by atoms with Gasteiger partial charge >= 0.3 is 5.97 Å². The first-order chi connectivity index (χ1) is 21.8. The summed E-state index contributed by atoms with van der Waals surface area (Å²) in [7, 11) is 1.85. The summed E-state index contributed by atoms with van der Waals surface area (Å²) in [5.41, 5.74) is 5.13. The second-order valence-corrected chi connectivity index (χ2v) is 12.1. The molecule has 234 valence electrons. The van der Waals surface area contributed by atoms with E-state index < -0.39 is 11.9 Å². The van der Waals surface area contributed by atoms with Crippen LogP contribution in [0, 0.1) is 0 Å². The van der Waals surface area contributed by atoms with Gasteiger partial charge in [-0.1, -0.05) is 54.6 Å². The van der Waals surface area contributed by atoms with Crippen molar-refractivity contribution in [3.8, 4) is 16.9 Å². The van der Waals surface area contributed by atoms with Gasteiger partial charge in [-0.2, -0.15) is 5.10 Å². The van der Waals surface area contributed by atoms with Gasteiger partial charge in [0.15, 0.2) is 0 Å². The number of hydrogen-bond donors (Lipinski definition) is 1. The number of halogens is 2. The molecule has 0 saturated carbocycles. The van der Waals surface area contributed by atoms with Crippen molar-refractivity contribution in [3.05, 3.63) is 83.3 Å². The molecule has 0 radical (unpaired) electrons. The quantitative estimate of drug-likeness (QED) is 0.197. The predicted molar refractivity (Wildman–Crippen MR) is 168 cm³/mol. The number of fused-ring (bicyclic) bond motifs is 3. The molecule has 1 saturated heterocycles. The minimum Gasteiger partial charge on any atom is -0.493 e. The van der Waals surface area contributed by atoms with E-state index in [9.17, 15) is 18.7 Å². The Kier molecular flexibility index (Phi) is 7.79. The van der Waals surface area contributed by atoms with E-state index in [0.29, 0.717) is 44.9 Å². The number of benzene rings is 3. The fraction of sp³-hybridized carbons (Fsp3) is 0.371. The van der Waals surface area contributed by atoms with E-state index in [4.69, 9.17) is 14.6 Å². The molecular formula is C35H36F2N4O4. The SMILES string of the molecule is Cn1nc(CN2CC(F)(F)C2)c2c1COCCCCn1c(C(=O)O)c(CCCOc3cccc4ccccc34)c3cccc-2c31. The lowest BCUT2D eigenvalue weighted by Crippen LogP contribution is -2.55. The van der Waals surface area contributed by atoms with Crippen molar-refractivity contribution in [1.29, 1.82) is 0 Å². The number of hydrogen-bond acceptors (Lipinski definition) is 5. The second kappa shape index (κ2) is 11.9. The lowest BCUT2D eigenvalue weighted by Gasteiger charge is -2.38. The van der Waals surface area contributed by atoms with Crippen LogP contribution < -0.4 is 4.74 Å². The highest BCUT2D eigenvalue weighted by atomic mass is 19.3. The normalized spacial score (nSPS) is 16.7. The molecule has 0 atom stereocenters. The van der Waals surface area contributed by atoms with E-state index in [1.807, 2.05) is 60.1 Å². The molecule has 0 bridgehead atoms. The van der Waals surface area contributed by atoms with Crippen LogP contribution in [0.1, 0.15) is 46.7 Å². The van der Waals surface area contributed by atoms with E-state index >= 15 is 0 Å². The molecule has 8 nitrogen and oxygen atoms in total. The fourth-order valence-corrected chi connectivity index (χ4v) is 6.94. The van der Waals surface area contributed by atoms with Crippen LogP contribution in [0.3, 0.4) is 0 Å². The van der Waals surface area contributed by atoms with E-state index in [1.54, 1.807) is 9.58 Å². The van der Waals surface area contributed by atoms with Gasteiger partial charge in [-0.15, -0.1) is 0 Å². The van der Waals surface area contributed by atoms with Gasteiger partial charge < -0.3 is 19.1 Å². The summed E-state index contributed by atoms with van der Waals surface area (Å²) >= 11 is 0. The van der Waals surface area contributed by atoms with Gasteiger partial charge in [0.2, 0.25) is 0 Å². The maximum absolute atomic E-state index is 13.7. The van der Waals surface area contributed by atoms with Gasteiger partial charge in [-0.05, 0) is 42.7 Å². The number of aromatic carboxylic acids is 1. The van der Waals surface area contributed by atoms with Gasteiger partial charge in [-0.3, -0.25) is 9.58 Å². The minimum absolute atomic E-state index is 0.278. The number of rotatable bonds is 8. The van der Waals surface area contributed by atoms with Crippen molar-refractivity contribution in [2.24, 2.45) is 7.05 Å². The number of alkyl halides is 2. The van der Waals surface area contributed by atoms with Gasteiger partial charge in [0, 0.05) is 48.6 Å². The number of carboxylic acid groups (broad SMARTS) is 1. The summed E-state index contributed by atoms with van der Waals surface area (Å²) < 4.78 is 43.4. The number of aryl methyl sites for hydroxylation is 3. The third-order valence-electron chi connectivity index (χ3n) is 8.92. The highest BCUT2D eigenvalue weighted by molar-refractivity contribution is 6.04. The second-order valence-electron chi connectivity index (χ2n) is 12.1. The topological polar surface area (TPSA) is 81.8 Å². The summed E-state index contributed by atoms with van der Waals surface area (Å²) in [4.78, 5) is 14.6. The molecule has 1 N–H and O–H groups in total. The number of carboxylic acids is 1. The van der Waals surface area contributed by atoms with Gasteiger partial charge in [0.1, 0.15) is 11.4 Å². The zero-order valence-electron chi connectivity index (χ0n) is 25.3. The third-order valence-corrected chi connectivity index (χ3v) is 8.92. The molecule has 0 unspecified atom stereocenters. The van der Waals surface area contributed by atoms with Crippen molar-refractivity contribution in [2.45, 2.75) is 51.3 Å². The minimum atomic E-state index is -2.68. The molecule has 45 heavy (non-hydrogen) atoms. The fourth-order valence-electron chi connectivity index (χ4n) is 6.94. The molecule has 1 fully saturated rings. The Morgan fingerprint density at radius 1 is 1.04 bits per heavy atom. The molecule has 2 aliphatic rings. The van der Waals surface area contributed by atoms with Crippen LogP contribution in [0.5, 0.6) is 5.75 Å². The first-order valence-electron chi connectivity index (χ1n) is 15.5. The van der Waals surface area contributed by atoms with Crippen molar-refractivity contribution in [2.75, 3.05) is 26.3 Å². The Bertz CT molecular complexity index is 1880. The molecular weight excluding hydrogens is 578 g/mol. The number of carbonyl (C=O) groups is 1. The van der Waals surface area contributed by atoms with Crippen LogP contribution in [0.25, 0.3) is 32.8 Å². The summed E-state index contributed by atoms with van der Waals surface area (Å²) in [5, 5.41) is 18.4. The lowest BCUT2D eigenvalue weighted by molar-refractivity contribution is -0.134. The van der Waals surface area contributed by atoms with Crippen molar-refractivity contribution in [1.82, 2.24) is 19.2 Å². The summed E-state index contributed by atoms with van der Waals surface area (Å²) in [6.45, 7) is 1.49. The highest BCUT2D eigenvalue weighted by Gasteiger charge is 2.44. The molecule has 2 aromatic heterocycles. The van der Waals surface area contributed by atoms with E-state index in [-0.39, 0.29) is 25.3 Å². The molecule has 10 heteroatoms. The number of likely N-dealkylation sites (tertiary alicyclic amines) is 1. The molecule has 0 amide bonds. The maximum atomic E-state index is 13.7. The number of nitrogens with zero attached hydrogens (tertiary/aromatic N) is 4. The molecule has 4 heterocycles. The summed E-state index contributed by atoms with van der Waals surface area (Å²) in [6, 6.07) is 20.0. The third kappa shape index (κ3) is 5.57. The van der Waals surface area contributed by atoms with E-state index in [1.165, 1.54) is 0 Å². The summed E-state index contributed by atoms with van der Waals surface area (Å²) in [6.07, 6.45) is 2.69. The molecule has 3 aromatic carbocycles. The van der Waals surface area contributed by atoms with Crippen LogP contribution in [0.4, 0.5) is 8.78 Å². The maximum Gasteiger partial charge on any atom is 0.352 e. The Morgan fingerprint density at radius 3 is 2.64 bits per heavy atom. The van der Waals surface area contributed by atoms with Crippen LogP contribution in [0.15, 0.2) is 60.7 Å². The molecule has 0 aliphatic carbocycles. The highest BCUT2D eigenvalue weighted by Crippen LogP contribution is 2.40. The first kappa shape index (κ1) is 29.4. The van der Waals surface area contributed by atoms with Crippen molar-refractivity contribution in [3.63, 3.8) is 0 Å². The molecule has 5 aromatic rings. The molecule has 2 aliphatic heterocycles. The smallest absolute Gasteiger partial charge is 0.352 e. The van der Waals surface area contributed by atoms with Crippen molar-refractivity contribution >= 4 is 27.6 Å². The lowest BCUT2D eigenvalue weighted by atomic mass is 9.97. The van der Waals surface area contributed by atoms with Gasteiger partial charge in [0.25, 0.3) is 5.92 Å². The summed E-state index contributed by atoms with van der Waals surface area (Å²) in [5.74, 6) is -2.84. The Morgan fingerprint density at radius 2 is 1.82 bits per heavy atom. The van der Waals surface area contributed by atoms with Crippen LogP contribution >= 0.6 is 0 Å².